The van der Waals surface area contributed by atoms with Crippen LogP contribution < -0.4 is 11.2 Å². The normalized spacial score (nSPS) is 24.9. The van der Waals surface area contributed by atoms with Gasteiger partial charge in [0.1, 0.15) is 12.2 Å². The number of ether oxygens (including phenoxy) is 2. The van der Waals surface area contributed by atoms with Crippen molar-refractivity contribution >= 4 is 5.97 Å². The van der Waals surface area contributed by atoms with Crippen LogP contribution in [0, 0.1) is 0 Å². The molecular weight excluding hydrogens is 362 g/mol. The van der Waals surface area contributed by atoms with Crippen molar-refractivity contribution < 1.29 is 24.5 Å². The molecule has 0 amide bonds. The molecule has 0 aliphatic carbocycles. The summed E-state index contributed by atoms with van der Waals surface area (Å²) >= 11 is 0. The van der Waals surface area contributed by atoms with E-state index in [0.29, 0.717) is 6.42 Å². The number of methoxy groups -OCH3 is 1. The summed E-state index contributed by atoms with van der Waals surface area (Å²) in [5.41, 5.74) is -1.37. The second-order valence-corrected chi connectivity index (χ2v) is 6.07. The summed E-state index contributed by atoms with van der Waals surface area (Å²) in [6, 6.07) is 0. The van der Waals surface area contributed by atoms with Crippen molar-refractivity contribution in [3.63, 3.8) is 0 Å². The maximum atomic E-state index is 12.1. The van der Waals surface area contributed by atoms with Gasteiger partial charge in [0.25, 0.3) is 5.56 Å². The summed E-state index contributed by atoms with van der Waals surface area (Å²) in [6.45, 7) is 1.68. The SMILES string of the molecule is CCC1OC(n2cc(Cn3cc(C(=O)OC)nn3)c(=O)[nH]c2=O)C(O)C1O. The Morgan fingerprint density at radius 1 is 1.33 bits per heavy atom. The van der Waals surface area contributed by atoms with E-state index in [-0.39, 0.29) is 17.8 Å². The van der Waals surface area contributed by atoms with Gasteiger partial charge in [0.2, 0.25) is 0 Å². The number of hydrogen-bond donors (Lipinski definition) is 3. The lowest BCUT2D eigenvalue weighted by atomic mass is 10.1. The average Bonchev–Trinajstić information content (AvgIpc) is 3.22. The zero-order valence-corrected chi connectivity index (χ0v) is 14.6. The van der Waals surface area contributed by atoms with Gasteiger partial charge in [0.15, 0.2) is 11.9 Å². The first-order valence-corrected chi connectivity index (χ1v) is 8.20. The van der Waals surface area contributed by atoms with Crippen molar-refractivity contribution in [2.45, 2.75) is 44.4 Å². The van der Waals surface area contributed by atoms with Gasteiger partial charge in [-0.2, -0.15) is 0 Å². The van der Waals surface area contributed by atoms with Gasteiger partial charge >= 0.3 is 11.7 Å². The monoisotopic (exact) mass is 381 g/mol. The van der Waals surface area contributed by atoms with Crippen LogP contribution in [0.4, 0.5) is 0 Å². The fourth-order valence-corrected chi connectivity index (χ4v) is 2.87. The van der Waals surface area contributed by atoms with Crippen LogP contribution in [0.25, 0.3) is 0 Å². The minimum Gasteiger partial charge on any atom is -0.464 e. The lowest BCUT2D eigenvalue weighted by molar-refractivity contribution is -0.0406. The van der Waals surface area contributed by atoms with Gasteiger partial charge in [0, 0.05) is 6.20 Å². The molecule has 0 spiro atoms. The third kappa shape index (κ3) is 3.54. The molecular formula is C15H19N5O7. The highest BCUT2D eigenvalue weighted by Crippen LogP contribution is 2.29. The number of nitrogens with zero attached hydrogens (tertiary/aromatic N) is 4. The van der Waals surface area contributed by atoms with Crippen LogP contribution in [-0.4, -0.2) is 66.1 Å². The Kier molecular flexibility index (Phi) is 5.21. The maximum absolute atomic E-state index is 12.1. The number of rotatable bonds is 5. The standard InChI is InChI=1S/C15H19N5O7/c1-3-9-10(21)11(22)13(27-9)20-5-7(12(23)16-15(20)25)4-19-6-8(17-18-19)14(24)26-2/h5-6,9-11,13,21-22H,3-4H2,1-2H3,(H,16,23,25). The highest BCUT2D eigenvalue weighted by molar-refractivity contribution is 5.86. The Bertz CT molecular complexity index is 949. The van der Waals surface area contributed by atoms with Crippen LogP contribution in [0.2, 0.25) is 0 Å². The van der Waals surface area contributed by atoms with Crippen LogP contribution in [0.5, 0.6) is 0 Å². The number of carbonyl (C=O) groups is 1. The van der Waals surface area contributed by atoms with Crippen molar-refractivity contribution in [1.82, 2.24) is 24.5 Å². The lowest BCUT2D eigenvalue weighted by Crippen LogP contribution is -2.39. The molecule has 3 rings (SSSR count). The van der Waals surface area contributed by atoms with E-state index < -0.39 is 41.8 Å². The molecule has 1 saturated heterocycles. The quantitative estimate of drug-likeness (QED) is 0.497. The van der Waals surface area contributed by atoms with E-state index in [1.165, 1.54) is 24.2 Å². The van der Waals surface area contributed by atoms with E-state index in [0.717, 1.165) is 4.57 Å². The largest absolute Gasteiger partial charge is 0.464 e. The minimum atomic E-state index is -1.33. The van der Waals surface area contributed by atoms with Crippen molar-refractivity contribution in [3.05, 3.63) is 44.5 Å². The van der Waals surface area contributed by atoms with E-state index in [4.69, 9.17) is 4.74 Å². The molecule has 0 bridgehead atoms. The number of aromatic amines is 1. The molecule has 4 unspecified atom stereocenters. The molecule has 12 nitrogen and oxygen atoms in total. The summed E-state index contributed by atoms with van der Waals surface area (Å²) < 4.78 is 12.3. The number of hydrogen-bond acceptors (Lipinski definition) is 9. The second kappa shape index (κ2) is 7.42. The topological polar surface area (TPSA) is 162 Å². The number of nitrogens with one attached hydrogen (secondary N) is 1. The number of aromatic nitrogens is 5. The zero-order chi connectivity index (χ0) is 19.7. The van der Waals surface area contributed by atoms with E-state index in [1.807, 2.05) is 0 Å². The smallest absolute Gasteiger partial charge is 0.360 e. The predicted octanol–water partition coefficient (Wildman–Crippen LogP) is -2.01. The zero-order valence-electron chi connectivity index (χ0n) is 14.6. The summed E-state index contributed by atoms with van der Waals surface area (Å²) in [4.78, 5) is 37.8. The van der Waals surface area contributed by atoms with Gasteiger partial charge < -0.3 is 19.7 Å². The molecule has 3 heterocycles. The van der Waals surface area contributed by atoms with E-state index in [2.05, 4.69) is 20.0 Å². The summed E-state index contributed by atoms with van der Waals surface area (Å²) in [5.74, 6) is -0.679. The number of carbonyl (C=O) groups excluding carboxylic acids is 1. The van der Waals surface area contributed by atoms with Crippen molar-refractivity contribution in [2.75, 3.05) is 7.11 Å². The highest BCUT2D eigenvalue weighted by Gasteiger charge is 2.43. The summed E-state index contributed by atoms with van der Waals surface area (Å²) in [6.07, 6.45) is -1.31. The van der Waals surface area contributed by atoms with Crippen LogP contribution in [0.1, 0.15) is 35.6 Å². The number of H-pyrrole nitrogens is 1. The Labute approximate surface area is 152 Å². The Balaban J connectivity index is 1.91. The lowest BCUT2D eigenvalue weighted by Gasteiger charge is -2.18. The summed E-state index contributed by atoms with van der Waals surface area (Å²) in [7, 11) is 1.20. The van der Waals surface area contributed by atoms with Gasteiger partial charge in [-0.25, -0.2) is 14.3 Å². The third-order valence-corrected chi connectivity index (χ3v) is 4.32. The van der Waals surface area contributed by atoms with E-state index in [9.17, 15) is 24.6 Å². The third-order valence-electron chi connectivity index (χ3n) is 4.32. The molecule has 0 aromatic carbocycles. The predicted molar refractivity (Wildman–Crippen MR) is 88.0 cm³/mol. The first kappa shape index (κ1) is 18.9. The molecule has 27 heavy (non-hydrogen) atoms. The minimum absolute atomic E-state index is 0.0364. The maximum Gasteiger partial charge on any atom is 0.360 e. The highest BCUT2D eigenvalue weighted by atomic mass is 16.6. The fourth-order valence-electron chi connectivity index (χ4n) is 2.87. The molecule has 1 fully saturated rings. The number of aliphatic hydroxyl groups excluding tert-OH is 2. The Morgan fingerprint density at radius 3 is 2.70 bits per heavy atom. The van der Waals surface area contributed by atoms with Crippen LogP contribution >= 0.6 is 0 Å². The molecule has 0 radical (unpaired) electrons. The fraction of sp³-hybridized carbons (Fsp3) is 0.533. The van der Waals surface area contributed by atoms with Crippen LogP contribution in [0.3, 0.4) is 0 Å². The molecule has 3 N–H and O–H groups in total. The van der Waals surface area contributed by atoms with Gasteiger partial charge in [0.05, 0.1) is 31.5 Å². The number of esters is 1. The van der Waals surface area contributed by atoms with Crippen molar-refractivity contribution in [3.8, 4) is 0 Å². The molecule has 2 aromatic rings. The van der Waals surface area contributed by atoms with Gasteiger partial charge in [-0.3, -0.25) is 14.3 Å². The number of aliphatic hydroxyl groups is 2. The average molecular weight is 381 g/mol. The second-order valence-electron chi connectivity index (χ2n) is 6.07. The van der Waals surface area contributed by atoms with Gasteiger partial charge in [-0.15, -0.1) is 5.10 Å². The molecule has 12 heteroatoms. The molecule has 1 aliphatic rings. The summed E-state index contributed by atoms with van der Waals surface area (Å²) in [5, 5.41) is 27.5. The molecule has 2 aromatic heterocycles. The van der Waals surface area contributed by atoms with E-state index >= 15 is 0 Å². The first-order chi connectivity index (χ1) is 12.8. The Hall–Kier alpha value is -2.83. The van der Waals surface area contributed by atoms with Gasteiger partial charge in [-0.05, 0) is 6.42 Å². The molecule has 1 aliphatic heterocycles. The van der Waals surface area contributed by atoms with Crippen molar-refractivity contribution in [1.29, 1.82) is 0 Å². The van der Waals surface area contributed by atoms with Crippen LogP contribution in [-0.2, 0) is 16.0 Å². The van der Waals surface area contributed by atoms with Gasteiger partial charge in [-0.1, -0.05) is 12.1 Å². The molecule has 146 valence electrons. The molecule has 4 atom stereocenters. The Morgan fingerprint density at radius 2 is 2.07 bits per heavy atom. The van der Waals surface area contributed by atoms with E-state index in [1.54, 1.807) is 6.92 Å². The van der Waals surface area contributed by atoms with Crippen LogP contribution in [0.15, 0.2) is 22.0 Å². The first-order valence-electron chi connectivity index (χ1n) is 8.20. The molecule has 0 saturated carbocycles. The van der Waals surface area contributed by atoms with Crippen molar-refractivity contribution in [2.24, 2.45) is 0 Å².